The number of aromatic nitrogens is 4. The quantitative estimate of drug-likeness (QED) is 0.219. The Morgan fingerprint density at radius 3 is 2.54 bits per heavy atom. The molecule has 3 heterocycles. The van der Waals surface area contributed by atoms with Gasteiger partial charge in [-0.2, -0.15) is 4.98 Å². The number of aliphatic hydroxyl groups excluding tert-OH is 3. The van der Waals surface area contributed by atoms with Crippen LogP contribution >= 0.6 is 11.3 Å². The lowest BCUT2D eigenvalue weighted by Crippen LogP contribution is -2.38. The van der Waals surface area contributed by atoms with E-state index in [-0.39, 0.29) is 18.6 Å². The number of aliphatic hydroxyl groups is 3. The van der Waals surface area contributed by atoms with Crippen LogP contribution in [0.15, 0.2) is 36.5 Å². The van der Waals surface area contributed by atoms with Crippen LogP contribution in [0.1, 0.15) is 60.7 Å². The van der Waals surface area contributed by atoms with Crippen LogP contribution in [0.5, 0.6) is 0 Å². The first-order valence-electron chi connectivity index (χ1n) is 13.5. The van der Waals surface area contributed by atoms with Crippen molar-refractivity contribution in [3.8, 4) is 10.6 Å². The van der Waals surface area contributed by atoms with Gasteiger partial charge in [0, 0.05) is 24.6 Å². The average molecular weight is 547 g/mol. The van der Waals surface area contributed by atoms with E-state index in [9.17, 15) is 15.3 Å². The topological polar surface area (TPSA) is 136 Å². The molecule has 204 valence electrons. The number of nitrogens with one attached hydrogen (secondary N) is 2. The predicted octanol–water partition coefficient (Wildman–Crippen LogP) is 4.33. The van der Waals surface area contributed by atoms with Crippen molar-refractivity contribution in [2.24, 2.45) is 5.92 Å². The molecular weight excluding hydrogens is 512 g/mol. The summed E-state index contributed by atoms with van der Waals surface area (Å²) in [5, 5.41) is 38.6. The maximum Gasteiger partial charge on any atom is 0.225 e. The molecule has 0 unspecified atom stereocenters. The number of thiazole rings is 1. The second-order valence-corrected chi connectivity index (χ2v) is 11.9. The fraction of sp³-hybridized carbons (Fsp3) is 0.448. The van der Waals surface area contributed by atoms with Crippen LogP contribution in [-0.2, 0) is 0 Å². The first kappa shape index (κ1) is 26.1. The SMILES string of the molecule is Cc1ccc([C@@H](C)Nc2nc(C)c(-c3nc4c(C5CC5)nccc4s3)c(N[C@@H]3[C@H](CO)C[C@@H](O)[C@H]3O)n2)cc1. The van der Waals surface area contributed by atoms with Gasteiger partial charge in [-0.3, -0.25) is 4.98 Å². The fourth-order valence-electron chi connectivity index (χ4n) is 5.43. The Hall–Kier alpha value is -3.18. The molecule has 0 amide bonds. The monoisotopic (exact) mass is 546 g/mol. The maximum atomic E-state index is 10.8. The largest absolute Gasteiger partial charge is 0.396 e. The van der Waals surface area contributed by atoms with Crippen LogP contribution in [-0.4, -0.2) is 60.1 Å². The van der Waals surface area contributed by atoms with E-state index in [0.717, 1.165) is 50.6 Å². The van der Waals surface area contributed by atoms with Crippen molar-refractivity contribution in [1.82, 2.24) is 19.9 Å². The molecule has 0 radical (unpaired) electrons. The predicted molar refractivity (Wildman–Crippen MR) is 153 cm³/mol. The van der Waals surface area contributed by atoms with Crippen LogP contribution in [0.25, 0.3) is 20.8 Å². The molecule has 5 atom stereocenters. The summed E-state index contributed by atoms with van der Waals surface area (Å²) in [7, 11) is 0. The fourth-order valence-corrected chi connectivity index (χ4v) is 6.50. The van der Waals surface area contributed by atoms with E-state index in [0.29, 0.717) is 24.1 Å². The molecule has 0 bridgehead atoms. The zero-order valence-electron chi connectivity index (χ0n) is 22.3. The van der Waals surface area contributed by atoms with E-state index < -0.39 is 18.2 Å². The minimum absolute atomic E-state index is 0.0394. The Morgan fingerprint density at radius 1 is 1.05 bits per heavy atom. The van der Waals surface area contributed by atoms with Crippen molar-refractivity contribution in [3.05, 3.63) is 59.0 Å². The lowest BCUT2D eigenvalue weighted by atomic mass is 10.0. The van der Waals surface area contributed by atoms with Gasteiger partial charge in [0.25, 0.3) is 0 Å². The number of aryl methyl sites for hydroxylation is 2. The van der Waals surface area contributed by atoms with E-state index in [1.54, 1.807) is 11.3 Å². The lowest BCUT2D eigenvalue weighted by molar-refractivity contribution is 0.0390. The Labute approximate surface area is 231 Å². The molecule has 2 aliphatic rings. The summed E-state index contributed by atoms with van der Waals surface area (Å²) < 4.78 is 1.06. The number of benzene rings is 1. The van der Waals surface area contributed by atoms with E-state index in [4.69, 9.17) is 15.0 Å². The molecule has 39 heavy (non-hydrogen) atoms. The molecule has 5 N–H and O–H groups in total. The van der Waals surface area contributed by atoms with E-state index in [2.05, 4.69) is 53.7 Å². The van der Waals surface area contributed by atoms with Gasteiger partial charge in [0.2, 0.25) is 5.95 Å². The Kier molecular flexibility index (Phi) is 6.96. The summed E-state index contributed by atoms with van der Waals surface area (Å²) in [4.78, 5) is 19.3. The summed E-state index contributed by atoms with van der Waals surface area (Å²) in [5.74, 6) is 1.11. The number of hydrogen-bond acceptors (Lipinski definition) is 10. The molecule has 4 aromatic rings. The van der Waals surface area contributed by atoms with Crippen LogP contribution in [0.4, 0.5) is 11.8 Å². The van der Waals surface area contributed by atoms with Crippen molar-refractivity contribution in [2.75, 3.05) is 17.2 Å². The zero-order chi connectivity index (χ0) is 27.3. The smallest absolute Gasteiger partial charge is 0.225 e. The number of nitrogens with zero attached hydrogens (tertiary/aromatic N) is 4. The molecule has 2 saturated carbocycles. The molecule has 6 rings (SSSR count). The standard InChI is InChI=1S/C29H34N6O3S/c1-14-4-6-17(7-5-14)15(2)31-29-32-16(3)22(27(35-29)33-24-19(13-36)12-20(37)26(24)38)28-34-25-21(39-28)10-11-30-23(25)18-8-9-18/h4-7,10-11,15,18-20,24,26,36-38H,8-9,12-13H2,1-3H3,(H2,31,32,33,35)/t15-,19+,20-,24-,26-/m1/s1. The highest BCUT2D eigenvalue weighted by Crippen LogP contribution is 2.44. The summed E-state index contributed by atoms with van der Waals surface area (Å²) in [6.45, 7) is 5.89. The van der Waals surface area contributed by atoms with Gasteiger partial charge >= 0.3 is 0 Å². The van der Waals surface area contributed by atoms with Gasteiger partial charge in [0.15, 0.2) is 0 Å². The lowest BCUT2D eigenvalue weighted by Gasteiger charge is -2.25. The van der Waals surface area contributed by atoms with Gasteiger partial charge in [-0.1, -0.05) is 29.8 Å². The van der Waals surface area contributed by atoms with Crippen LogP contribution < -0.4 is 10.6 Å². The van der Waals surface area contributed by atoms with Gasteiger partial charge in [0.05, 0.1) is 39.8 Å². The van der Waals surface area contributed by atoms with Gasteiger partial charge in [0.1, 0.15) is 22.4 Å². The summed E-state index contributed by atoms with van der Waals surface area (Å²) in [5.41, 5.74) is 5.76. The van der Waals surface area contributed by atoms with Crippen LogP contribution in [0.3, 0.4) is 0 Å². The van der Waals surface area contributed by atoms with E-state index in [1.807, 2.05) is 19.2 Å². The normalized spacial score (nSPS) is 23.7. The molecule has 2 fully saturated rings. The highest BCUT2D eigenvalue weighted by atomic mass is 32.1. The number of fused-ring (bicyclic) bond motifs is 1. The number of rotatable bonds is 8. The van der Waals surface area contributed by atoms with Crippen molar-refractivity contribution >= 4 is 33.3 Å². The molecular formula is C29H34N6O3S. The third-order valence-corrected chi connectivity index (χ3v) is 8.92. The Balaban J connectivity index is 1.41. The zero-order valence-corrected chi connectivity index (χ0v) is 23.1. The summed E-state index contributed by atoms with van der Waals surface area (Å²) in [6, 6.07) is 9.71. The molecule has 3 aromatic heterocycles. The minimum atomic E-state index is -1.03. The number of hydrogen-bond donors (Lipinski definition) is 5. The third kappa shape index (κ3) is 5.09. The van der Waals surface area contributed by atoms with Crippen molar-refractivity contribution < 1.29 is 15.3 Å². The maximum absolute atomic E-state index is 10.8. The minimum Gasteiger partial charge on any atom is -0.396 e. The second kappa shape index (κ2) is 10.4. The van der Waals surface area contributed by atoms with Crippen LogP contribution in [0, 0.1) is 19.8 Å². The van der Waals surface area contributed by atoms with Gasteiger partial charge in [-0.15, -0.1) is 11.3 Å². The number of pyridine rings is 1. The van der Waals surface area contributed by atoms with Gasteiger partial charge in [-0.05, 0) is 51.7 Å². The molecule has 0 aliphatic heterocycles. The second-order valence-electron chi connectivity index (χ2n) is 10.9. The van der Waals surface area contributed by atoms with Crippen molar-refractivity contribution in [3.63, 3.8) is 0 Å². The number of anilines is 2. The highest BCUT2D eigenvalue weighted by Gasteiger charge is 2.42. The molecule has 0 spiro atoms. The first-order chi connectivity index (χ1) is 18.8. The molecule has 2 aliphatic carbocycles. The molecule has 10 heteroatoms. The van der Waals surface area contributed by atoms with Crippen molar-refractivity contribution in [2.45, 2.75) is 70.2 Å². The van der Waals surface area contributed by atoms with Crippen LogP contribution in [0.2, 0.25) is 0 Å². The average Bonchev–Trinajstić information content (AvgIpc) is 3.61. The summed E-state index contributed by atoms with van der Waals surface area (Å²) >= 11 is 1.57. The summed E-state index contributed by atoms with van der Waals surface area (Å²) in [6.07, 6.45) is 2.48. The first-order valence-corrected chi connectivity index (χ1v) is 14.3. The Morgan fingerprint density at radius 2 is 1.82 bits per heavy atom. The van der Waals surface area contributed by atoms with Gasteiger partial charge < -0.3 is 26.0 Å². The third-order valence-electron chi connectivity index (χ3n) is 7.88. The molecule has 1 aromatic carbocycles. The Bertz CT molecular complexity index is 1490. The molecule has 0 saturated heterocycles. The van der Waals surface area contributed by atoms with E-state index in [1.165, 1.54) is 5.56 Å². The van der Waals surface area contributed by atoms with E-state index >= 15 is 0 Å². The van der Waals surface area contributed by atoms with Gasteiger partial charge in [-0.25, -0.2) is 9.97 Å². The molecule has 9 nitrogen and oxygen atoms in total. The highest BCUT2D eigenvalue weighted by molar-refractivity contribution is 7.21. The van der Waals surface area contributed by atoms with Crippen molar-refractivity contribution in [1.29, 1.82) is 0 Å².